The Kier molecular flexibility index (Phi) is 6.81. The fraction of sp³-hybridized carbons (Fsp3) is 0.438. The van der Waals surface area contributed by atoms with E-state index in [1.165, 1.54) is 17.0 Å². The highest BCUT2D eigenvalue weighted by molar-refractivity contribution is 6.76. The number of halogens is 4. The van der Waals surface area contributed by atoms with Gasteiger partial charge in [-0.05, 0) is 31.0 Å². The van der Waals surface area contributed by atoms with E-state index < -0.39 is 15.7 Å². The topological polar surface area (TPSA) is 73.2 Å². The van der Waals surface area contributed by atoms with Crippen molar-refractivity contribution in [2.75, 3.05) is 4.90 Å². The third-order valence-electron chi connectivity index (χ3n) is 3.98. The number of amides is 3. The van der Waals surface area contributed by atoms with E-state index in [-0.39, 0.29) is 11.6 Å². The van der Waals surface area contributed by atoms with E-state index >= 15 is 0 Å². The minimum Gasteiger partial charge on any atom is -0.290 e. The summed E-state index contributed by atoms with van der Waals surface area (Å²) >= 11 is 22.6. The number of imide groups is 1. The Balaban J connectivity index is 2.40. The molecule has 0 aliphatic heterocycles. The number of hydrogen-bond donors (Lipinski definition) is 1. The Morgan fingerprint density at radius 1 is 1.20 bits per heavy atom. The van der Waals surface area contributed by atoms with Crippen LogP contribution in [0.3, 0.4) is 0 Å². The molecular formula is C16H15Cl4N3O2. The summed E-state index contributed by atoms with van der Waals surface area (Å²) in [6.45, 7) is 0. The van der Waals surface area contributed by atoms with E-state index in [2.05, 4.69) is 5.32 Å². The lowest BCUT2D eigenvalue weighted by molar-refractivity contribution is -0.119. The van der Waals surface area contributed by atoms with Gasteiger partial charge in [-0.3, -0.25) is 15.0 Å². The number of rotatable bonds is 2. The molecule has 1 aliphatic rings. The predicted octanol–water partition coefficient (Wildman–Crippen LogP) is 4.96. The summed E-state index contributed by atoms with van der Waals surface area (Å²) < 4.78 is -2.26. The summed E-state index contributed by atoms with van der Waals surface area (Å²) in [5, 5.41) is 11.8. The van der Waals surface area contributed by atoms with Crippen molar-refractivity contribution in [1.82, 2.24) is 5.32 Å². The van der Waals surface area contributed by atoms with Crippen LogP contribution in [0.4, 0.5) is 10.5 Å². The van der Waals surface area contributed by atoms with Gasteiger partial charge >= 0.3 is 6.03 Å². The molecule has 0 radical (unpaired) electrons. The second-order valence-electron chi connectivity index (χ2n) is 5.69. The monoisotopic (exact) mass is 421 g/mol. The molecule has 0 bridgehead atoms. The highest BCUT2D eigenvalue weighted by Crippen LogP contribution is 2.32. The second kappa shape index (κ2) is 8.46. The third kappa shape index (κ3) is 5.15. The molecule has 2 rings (SSSR count). The minimum atomic E-state index is -2.26. The number of nitrogens with one attached hydrogen (secondary N) is 1. The van der Waals surface area contributed by atoms with Gasteiger partial charge in [0.15, 0.2) is 0 Å². The molecule has 0 aromatic heterocycles. The molecule has 25 heavy (non-hydrogen) atoms. The number of nitriles is 1. The Morgan fingerprint density at radius 3 is 2.40 bits per heavy atom. The van der Waals surface area contributed by atoms with Gasteiger partial charge in [0.2, 0.25) is 0 Å². The van der Waals surface area contributed by atoms with Crippen molar-refractivity contribution in [3.05, 3.63) is 28.8 Å². The third-order valence-corrected chi connectivity index (χ3v) is 4.73. The number of anilines is 1. The quantitative estimate of drug-likeness (QED) is 0.684. The van der Waals surface area contributed by atoms with E-state index in [4.69, 9.17) is 46.4 Å². The van der Waals surface area contributed by atoms with E-state index in [9.17, 15) is 14.9 Å². The smallest absolute Gasteiger partial charge is 0.290 e. The Morgan fingerprint density at radius 2 is 1.84 bits per heavy atom. The van der Waals surface area contributed by atoms with Gasteiger partial charge < -0.3 is 0 Å². The van der Waals surface area contributed by atoms with Crippen LogP contribution in [0, 0.1) is 11.3 Å². The van der Waals surface area contributed by atoms with E-state index in [1.807, 2.05) is 6.07 Å². The molecule has 3 amide bonds. The average molecular weight is 423 g/mol. The summed E-state index contributed by atoms with van der Waals surface area (Å²) in [6.07, 6.45) is 4.43. The van der Waals surface area contributed by atoms with Crippen LogP contribution in [0.5, 0.6) is 0 Å². The van der Waals surface area contributed by atoms with Crippen LogP contribution in [0.25, 0.3) is 0 Å². The largest absolute Gasteiger partial charge is 0.328 e. The molecule has 1 aromatic carbocycles. The van der Waals surface area contributed by atoms with Crippen molar-refractivity contribution in [3.63, 3.8) is 0 Å². The van der Waals surface area contributed by atoms with Gasteiger partial charge in [-0.2, -0.15) is 5.26 Å². The average Bonchev–Trinajstić information content (AvgIpc) is 2.55. The normalized spacial score (nSPS) is 15.3. The lowest BCUT2D eigenvalue weighted by Gasteiger charge is -2.35. The van der Waals surface area contributed by atoms with Crippen molar-refractivity contribution in [1.29, 1.82) is 5.26 Å². The first-order valence-corrected chi connectivity index (χ1v) is 9.16. The summed E-state index contributed by atoms with van der Waals surface area (Å²) in [6, 6.07) is 5.72. The number of benzene rings is 1. The molecule has 0 saturated heterocycles. The highest BCUT2D eigenvalue weighted by atomic mass is 35.6. The maximum absolute atomic E-state index is 12.7. The zero-order chi connectivity index (χ0) is 18.6. The van der Waals surface area contributed by atoms with E-state index in [0.717, 1.165) is 32.1 Å². The van der Waals surface area contributed by atoms with Gasteiger partial charge in [-0.1, -0.05) is 65.7 Å². The Bertz CT molecular complexity index is 706. The van der Waals surface area contributed by atoms with Crippen molar-refractivity contribution >= 4 is 64.0 Å². The Hall–Kier alpha value is -1.19. The van der Waals surface area contributed by atoms with Crippen molar-refractivity contribution in [2.24, 2.45) is 0 Å². The van der Waals surface area contributed by atoms with Gasteiger partial charge in [0.1, 0.15) is 6.07 Å². The molecule has 1 aromatic rings. The molecule has 1 N–H and O–H groups in total. The zero-order valence-corrected chi connectivity index (χ0v) is 16.1. The summed E-state index contributed by atoms with van der Waals surface area (Å²) in [5.74, 6) is -1.05. The number of alkyl halides is 3. The molecular weight excluding hydrogens is 408 g/mol. The number of carbonyl (C=O) groups excluding carboxylic acids is 2. The van der Waals surface area contributed by atoms with E-state index in [1.54, 1.807) is 6.07 Å². The first kappa shape index (κ1) is 20.1. The lowest BCUT2D eigenvalue weighted by atomic mass is 9.93. The molecule has 0 heterocycles. The minimum absolute atomic E-state index is 0.178. The molecule has 134 valence electrons. The predicted molar refractivity (Wildman–Crippen MR) is 99.3 cm³/mol. The molecule has 0 atom stereocenters. The molecule has 1 saturated carbocycles. The first-order chi connectivity index (χ1) is 11.7. The van der Waals surface area contributed by atoms with Crippen molar-refractivity contribution in [2.45, 2.75) is 41.9 Å². The number of urea groups is 1. The summed E-state index contributed by atoms with van der Waals surface area (Å²) in [5.41, 5.74) is 0.600. The van der Waals surface area contributed by atoms with Crippen LogP contribution in [0.15, 0.2) is 18.2 Å². The van der Waals surface area contributed by atoms with Gasteiger partial charge in [0.05, 0.1) is 11.3 Å². The SMILES string of the molecule is N#Cc1ccc(Cl)cc1N(C(=O)NC(=O)C(Cl)(Cl)Cl)C1CCCCC1. The molecule has 0 unspecified atom stereocenters. The molecule has 9 heteroatoms. The lowest BCUT2D eigenvalue weighted by Crippen LogP contribution is -2.51. The standard InChI is InChI=1S/C16H15Cl4N3O2/c17-11-7-6-10(9-21)13(8-11)23(12-4-2-1-3-5-12)15(25)22-14(24)16(18,19)20/h6-8,12H,1-5H2,(H,22,24,25). The van der Waals surface area contributed by atoms with Crippen LogP contribution < -0.4 is 10.2 Å². The van der Waals surface area contributed by atoms with Gasteiger partial charge in [-0.15, -0.1) is 0 Å². The molecule has 5 nitrogen and oxygen atoms in total. The van der Waals surface area contributed by atoms with Crippen molar-refractivity contribution in [3.8, 4) is 6.07 Å². The fourth-order valence-electron chi connectivity index (χ4n) is 2.84. The molecule has 1 aliphatic carbocycles. The summed E-state index contributed by atoms with van der Waals surface area (Å²) in [4.78, 5) is 26.0. The summed E-state index contributed by atoms with van der Waals surface area (Å²) in [7, 11) is 0. The van der Waals surface area contributed by atoms with Crippen LogP contribution in [0.2, 0.25) is 5.02 Å². The zero-order valence-electron chi connectivity index (χ0n) is 13.1. The van der Waals surface area contributed by atoms with Crippen LogP contribution in [0.1, 0.15) is 37.7 Å². The number of hydrogen-bond acceptors (Lipinski definition) is 3. The maximum atomic E-state index is 12.7. The van der Waals surface area contributed by atoms with E-state index in [0.29, 0.717) is 10.7 Å². The Labute approximate surface area is 165 Å². The fourth-order valence-corrected chi connectivity index (χ4v) is 3.15. The highest BCUT2D eigenvalue weighted by Gasteiger charge is 2.36. The molecule has 1 fully saturated rings. The van der Waals surface area contributed by atoms with Crippen molar-refractivity contribution < 1.29 is 9.59 Å². The van der Waals surface area contributed by atoms with Crippen LogP contribution in [-0.2, 0) is 4.79 Å². The maximum Gasteiger partial charge on any atom is 0.328 e. The van der Waals surface area contributed by atoms with Crippen LogP contribution in [-0.4, -0.2) is 21.8 Å². The first-order valence-electron chi connectivity index (χ1n) is 7.65. The van der Waals surface area contributed by atoms with Crippen LogP contribution >= 0.6 is 46.4 Å². The van der Waals surface area contributed by atoms with Gasteiger partial charge in [0.25, 0.3) is 9.70 Å². The number of nitrogens with zero attached hydrogens (tertiary/aromatic N) is 2. The van der Waals surface area contributed by atoms with Gasteiger partial charge in [-0.25, -0.2) is 4.79 Å². The molecule has 0 spiro atoms. The van der Waals surface area contributed by atoms with Gasteiger partial charge in [0, 0.05) is 11.1 Å². The number of carbonyl (C=O) groups is 2. The second-order valence-corrected chi connectivity index (χ2v) is 8.41.